The van der Waals surface area contributed by atoms with Crippen molar-refractivity contribution in [3.05, 3.63) is 83.6 Å². The standard InChI is InChI=1S/C20H20ClN3O4S/c21-20(23)17(19(22)25)10-15(14-4-2-1-3-5-14)11-18(20)28-12-13-6-8-16(9-7-13)29(24,26)27/h1-11,17H,12,23H2,(H2,22,25)(H2,24,26,27). The Hall–Kier alpha value is -2.65. The predicted molar refractivity (Wildman–Crippen MR) is 111 cm³/mol. The fraction of sp³-hybridized carbons (Fsp3) is 0.150. The number of allylic oxidation sites excluding steroid dienone is 2. The zero-order valence-corrected chi connectivity index (χ0v) is 16.9. The largest absolute Gasteiger partial charge is 0.490 e. The van der Waals surface area contributed by atoms with Gasteiger partial charge in [0.1, 0.15) is 12.4 Å². The van der Waals surface area contributed by atoms with Crippen LogP contribution in [0.4, 0.5) is 0 Å². The first-order valence-corrected chi connectivity index (χ1v) is 10.5. The SMILES string of the molecule is NC(=O)C1C=C(c2ccccc2)C=C(OCc2ccc(S(N)(=O)=O)cc2)C1(N)Cl. The van der Waals surface area contributed by atoms with E-state index < -0.39 is 26.8 Å². The number of primary amides is 1. The van der Waals surface area contributed by atoms with E-state index >= 15 is 0 Å². The van der Waals surface area contributed by atoms with Gasteiger partial charge in [0.15, 0.2) is 5.00 Å². The van der Waals surface area contributed by atoms with E-state index in [1.165, 1.54) is 12.1 Å². The fourth-order valence-corrected chi connectivity index (χ4v) is 3.74. The van der Waals surface area contributed by atoms with E-state index in [1.807, 2.05) is 30.3 Å². The lowest BCUT2D eigenvalue weighted by Gasteiger charge is -2.33. The van der Waals surface area contributed by atoms with Gasteiger partial charge in [0.25, 0.3) is 0 Å². The van der Waals surface area contributed by atoms with Gasteiger partial charge in [0.05, 0.1) is 10.8 Å². The number of alkyl halides is 1. The molecule has 0 bridgehead atoms. The van der Waals surface area contributed by atoms with Crippen molar-refractivity contribution in [3.8, 4) is 0 Å². The quantitative estimate of drug-likeness (QED) is 0.471. The number of carbonyl (C=O) groups is 1. The summed E-state index contributed by atoms with van der Waals surface area (Å²) in [5.41, 5.74) is 13.9. The highest BCUT2D eigenvalue weighted by Gasteiger charge is 2.43. The number of primary sulfonamides is 1. The van der Waals surface area contributed by atoms with E-state index in [9.17, 15) is 13.2 Å². The van der Waals surface area contributed by atoms with Crippen LogP contribution in [0.15, 0.2) is 77.4 Å². The molecule has 2 aromatic carbocycles. The summed E-state index contributed by atoms with van der Waals surface area (Å²) in [7, 11) is -3.78. The van der Waals surface area contributed by atoms with Crippen molar-refractivity contribution >= 4 is 33.1 Å². The number of hydrogen-bond donors (Lipinski definition) is 3. The van der Waals surface area contributed by atoms with Gasteiger partial charge >= 0.3 is 0 Å². The monoisotopic (exact) mass is 433 g/mol. The molecule has 0 aromatic heterocycles. The topological polar surface area (TPSA) is 138 Å². The molecule has 0 saturated carbocycles. The lowest BCUT2D eigenvalue weighted by Crippen LogP contribution is -2.50. The van der Waals surface area contributed by atoms with Gasteiger partial charge in [-0.3, -0.25) is 4.79 Å². The van der Waals surface area contributed by atoms with Gasteiger partial charge in [-0.05, 0) is 34.9 Å². The van der Waals surface area contributed by atoms with E-state index in [0.717, 1.165) is 5.56 Å². The molecule has 0 saturated heterocycles. The molecule has 29 heavy (non-hydrogen) atoms. The number of sulfonamides is 1. The van der Waals surface area contributed by atoms with Gasteiger partial charge in [-0.25, -0.2) is 13.6 Å². The summed E-state index contributed by atoms with van der Waals surface area (Å²) in [6.45, 7) is 0.0515. The van der Waals surface area contributed by atoms with Crippen molar-refractivity contribution in [2.75, 3.05) is 0 Å². The summed E-state index contributed by atoms with van der Waals surface area (Å²) >= 11 is 6.45. The molecule has 2 aromatic rings. The number of halogens is 1. The van der Waals surface area contributed by atoms with Crippen molar-refractivity contribution in [1.29, 1.82) is 0 Å². The molecule has 2 unspecified atom stereocenters. The van der Waals surface area contributed by atoms with Crippen molar-refractivity contribution in [2.24, 2.45) is 22.5 Å². The average molecular weight is 434 g/mol. The van der Waals surface area contributed by atoms with Crippen molar-refractivity contribution in [2.45, 2.75) is 16.5 Å². The molecule has 0 heterocycles. The Balaban J connectivity index is 1.88. The summed E-state index contributed by atoms with van der Waals surface area (Å²) in [4.78, 5) is 10.3. The molecule has 152 valence electrons. The summed E-state index contributed by atoms with van der Waals surface area (Å²) in [5, 5.41) is 5.10. The molecule has 1 aliphatic carbocycles. The van der Waals surface area contributed by atoms with Gasteiger partial charge in [-0.15, -0.1) is 0 Å². The Morgan fingerprint density at radius 1 is 1.10 bits per heavy atom. The minimum absolute atomic E-state index is 0.00765. The van der Waals surface area contributed by atoms with Crippen LogP contribution in [0.25, 0.3) is 5.57 Å². The van der Waals surface area contributed by atoms with Crippen LogP contribution < -0.4 is 16.6 Å². The van der Waals surface area contributed by atoms with Gasteiger partial charge in [-0.2, -0.15) is 0 Å². The van der Waals surface area contributed by atoms with Crippen LogP contribution >= 0.6 is 11.6 Å². The third-order valence-corrected chi connectivity index (χ3v) is 5.87. The van der Waals surface area contributed by atoms with Crippen molar-refractivity contribution in [3.63, 3.8) is 0 Å². The second-order valence-electron chi connectivity index (χ2n) is 6.62. The fourth-order valence-electron chi connectivity index (χ4n) is 2.94. The predicted octanol–water partition coefficient (Wildman–Crippen LogP) is 1.83. The molecular formula is C20H20ClN3O4S. The highest BCUT2D eigenvalue weighted by Crippen LogP contribution is 2.38. The van der Waals surface area contributed by atoms with Crippen LogP contribution in [0.2, 0.25) is 0 Å². The highest BCUT2D eigenvalue weighted by atomic mass is 35.5. The van der Waals surface area contributed by atoms with Gasteiger partial charge in [0, 0.05) is 0 Å². The molecule has 0 aliphatic heterocycles. The number of carbonyl (C=O) groups excluding carboxylic acids is 1. The zero-order chi connectivity index (χ0) is 21.2. The third kappa shape index (κ3) is 4.68. The first-order chi connectivity index (χ1) is 13.6. The Morgan fingerprint density at radius 3 is 2.28 bits per heavy atom. The van der Waals surface area contributed by atoms with Gasteiger partial charge < -0.3 is 16.2 Å². The lowest BCUT2D eigenvalue weighted by molar-refractivity contribution is -0.121. The molecule has 2 atom stereocenters. The van der Waals surface area contributed by atoms with Gasteiger partial charge in [0.2, 0.25) is 15.9 Å². The Labute approximate surface area is 173 Å². The molecular weight excluding hydrogens is 414 g/mol. The number of benzene rings is 2. The molecule has 3 rings (SSSR count). The molecule has 0 radical (unpaired) electrons. The van der Waals surface area contributed by atoms with Crippen molar-refractivity contribution in [1.82, 2.24) is 0 Å². The molecule has 7 nitrogen and oxygen atoms in total. The number of rotatable bonds is 6. The van der Waals surface area contributed by atoms with Crippen LogP contribution in [0.3, 0.4) is 0 Å². The first-order valence-electron chi connectivity index (χ1n) is 8.60. The maximum absolute atomic E-state index is 12.0. The number of amides is 1. The lowest BCUT2D eigenvalue weighted by atomic mass is 9.86. The molecule has 1 aliphatic rings. The summed E-state index contributed by atoms with van der Waals surface area (Å²) in [6.07, 6.45) is 3.29. The van der Waals surface area contributed by atoms with E-state index in [1.54, 1.807) is 24.3 Å². The maximum atomic E-state index is 12.0. The normalized spacial score (nSPS) is 21.8. The zero-order valence-electron chi connectivity index (χ0n) is 15.3. The summed E-state index contributed by atoms with van der Waals surface area (Å²) < 4.78 is 28.5. The highest BCUT2D eigenvalue weighted by molar-refractivity contribution is 7.89. The van der Waals surface area contributed by atoms with Crippen LogP contribution in [-0.2, 0) is 26.2 Å². The van der Waals surface area contributed by atoms with E-state index in [0.29, 0.717) is 11.1 Å². The van der Waals surface area contributed by atoms with E-state index in [2.05, 4.69) is 0 Å². The average Bonchev–Trinajstić information content (AvgIpc) is 2.66. The maximum Gasteiger partial charge on any atom is 0.238 e. The van der Waals surface area contributed by atoms with Crippen LogP contribution in [0, 0.1) is 5.92 Å². The molecule has 9 heteroatoms. The van der Waals surface area contributed by atoms with Gasteiger partial charge in [-0.1, -0.05) is 60.1 Å². The summed E-state index contributed by atoms with van der Waals surface area (Å²) in [5.74, 6) is -1.48. The second kappa shape index (κ2) is 8.00. The minimum Gasteiger partial charge on any atom is -0.490 e. The van der Waals surface area contributed by atoms with Crippen LogP contribution in [-0.4, -0.2) is 19.3 Å². The second-order valence-corrected chi connectivity index (χ2v) is 8.81. The first kappa shape index (κ1) is 21.1. The summed E-state index contributed by atoms with van der Waals surface area (Å²) in [6, 6.07) is 15.2. The molecule has 0 fully saturated rings. The number of ether oxygens (including phenoxy) is 1. The number of nitrogens with two attached hydrogens (primary N) is 3. The minimum atomic E-state index is -3.78. The Morgan fingerprint density at radius 2 is 1.72 bits per heavy atom. The van der Waals surface area contributed by atoms with Crippen molar-refractivity contribution < 1.29 is 17.9 Å². The molecule has 1 amide bonds. The number of hydrogen-bond acceptors (Lipinski definition) is 5. The molecule has 0 spiro atoms. The molecule has 6 N–H and O–H groups in total. The van der Waals surface area contributed by atoms with Crippen LogP contribution in [0.5, 0.6) is 0 Å². The Kier molecular flexibility index (Phi) is 5.81. The van der Waals surface area contributed by atoms with Crippen LogP contribution in [0.1, 0.15) is 11.1 Å². The smallest absolute Gasteiger partial charge is 0.238 e. The Bertz CT molecular complexity index is 1080. The third-order valence-electron chi connectivity index (χ3n) is 4.52. The van der Waals surface area contributed by atoms with E-state index in [-0.39, 0.29) is 17.3 Å². The van der Waals surface area contributed by atoms with E-state index in [4.69, 9.17) is 32.9 Å².